The summed E-state index contributed by atoms with van der Waals surface area (Å²) in [4.78, 5) is 10.7. The SMILES string of the molecule is CN(CCc1ccccc1)c1cncc(CCl)n1. The van der Waals surface area contributed by atoms with Crippen LogP contribution < -0.4 is 4.90 Å². The first-order valence-electron chi connectivity index (χ1n) is 5.91. The van der Waals surface area contributed by atoms with Crippen molar-refractivity contribution in [3.63, 3.8) is 0 Å². The Kier molecular flexibility index (Phi) is 4.53. The molecular weight excluding hydrogens is 246 g/mol. The molecule has 18 heavy (non-hydrogen) atoms. The van der Waals surface area contributed by atoms with Gasteiger partial charge in [0.15, 0.2) is 0 Å². The maximum Gasteiger partial charge on any atom is 0.147 e. The minimum absolute atomic E-state index is 0.396. The van der Waals surface area contributed by atoms with Crippen LogP contribution in [0.15, 0.2) is 42.7 Å². The van der Waals surface area contributed by atoms with Gasteiger partial charge in [0.25, 0.3) is 0 Å². The van der Waals surface area contributed by atoms with E-state index in [-0.39, 0.29) is 0 Å². The number of hydrogen-bond acceptors (Lipinski definition) is 3. The average molecular weight is 262 g/mol. The molecule has 4 heteroatoms. The predicted octanol–water partition coefficient (Wildman–Crippen LogP) is 2.89. The number of benzene rings is 1. The predicted molar refractivity (Wildman–Crippen MR) is 75.0 cm³/mol. The minimum atomic E-state index is 0.396. The zero-order valence-electron chi connectivity index (χ0n) is 10.4. The van der Waals surface area contributed by atoms with Gasteiger partial charge in [0, 0.05) is 19.8 Å². The Hall–Kier alpha value is -1.61. The summed E-state index contributed by atoms with van der Waals surface area (Å²) in [5.41, 5.74) is 2.13. The lowest BCUT2D eigenvalue weighted by molar-refractivity contribution is 0.849. The van der Waals surface area contributed by atoms with Crippen molar-refractivity contribution in [3.05, 3.63) is 54.0 Å². The average Bonchev–Trinajstić information content (AvgIpc) is 2.46. The maximum atomic E-state index is 5.76. The monoisotopic (exact) mass is 261 g/mol. The van der Waals surface area contributed by atoms with Crippen molar-refractivity contribution in [3.8, 4) is 0 Å². The molecule has 0 aliphatic heterocycles. The Morgan fingerprint density at radius 1 is 1.17 bits per heavy atom. The Labute approximate surface area is 112 Å². The van der Waals surface area contributed by atoms with Crippen LogP contribution in [0, 0.1) is 0 Å². The molecule has 0 saturated carbocycles. The first-order valence-corrected chi connectivity index (χ1v) is 6.45. The number of halogens is 1. The van der Waals surface area contributed by atoms with E-state index in [9.17, 15) is 0 Å². The highest BCUT2D eigenvalue weighted by atomic mass is 35.5. The van der Waals surface area contributed by atoms with Crippen LogP contribution in [0.5, 0.6) is 0 Å². The van der Waals surface area contributed by atoms with Crippen molar-refractivity contribution < 1.29 is 0 Å². The molecule has 1 aromatic heterocycles. The summed E-state index contributed by atoms with van der Waals surface area (Å²) in [6.07, 6.45) is 4.45. The molecule has 0 aliphatic carbocycles. The third-order valence-electron chi connectivity index (χ3n) is 2.78. The van der Waals surface area contributed by atoms with Crippen molar-refractivity contribution in [1.29, 1.82) is 0 Å². The van der Waals surface area contributed by atoms with E-state index in [1.165, 1.54) is 5.56 Å². The smallest absolute Gasteiger partial charge is 0.147 e. The second-order valence-corrected chi connectivity index (χ2v) is 4.43. The van der Waals surface area contributed by atoms with E-state index in [1.54, 1.807) is 12.4 Å². The number of hydrogen-bond donors (Lipinski definition) is 0. The molecule has 0 bridgehead atoms. The largest absolute Gasteiger partial charge is 0.358 e. The third kappa shape index (κ3) is 3.44. The molecule has 1 heterocycles. The summed E-state index contributed by atoms with van der Waals surface area (Å²) in [6.45, 7) is 0.907. The standard InChI is InChI=1S/C14H16ClN3/c1-18(8-7-12-5-3-2-4-6-12)14-11-16-10-13(9-15)17-14/h2-6,10-11H,7-9H2,1H3. The molecule has 2 aromatic rings. The van der Waals surface area contributed by atoms with Crippen molar-refractivity contribution in [2.24, 2.45) is 0 Å². The van der Waals surface area contributed by atoms with Crippen molar-refractivity contribution in [2.75, 3.05) is 18.5 Å². The number of nitrogens with zero attached hydrogens (tertiary/aromatic N) is 3. The number of aromatic nitrogens is 2. The second-order valence-electron chi connectivity index (χ2n) is 4.16. The number of alkyl halides is 1. The molecule has 94 valence electrons. The zero-order chi connectivity index (χ0) is 12.8. The first-order chi connectivity index (χ1) is 8.79. The van der Waals surface area contributed by atoms with Gasteiger partial charge >= 0.3 is 0 Å². The van der Waals surface area contributed by atoms with Gasteiger partial charge in [-0.1, -0.05) is 30.3 Å². The van der Waals surface area contributed by atoms with Gasteiger partial charge in [-0.3, -0.25) is 4.98 Å². The summed E-state index contributed by atoms with van der Waals surface area (Å²) in [5.74, 6) is 1.26. The lowest BCUT2D eigenvalue weighted by atomic mass is 10.1. The van der Waals surface area contributed by atoms with E-state index in [0.717, 1.165) is 24.5 Å². The van der Waals surface area contributed by atoms with Crippen molar-refractivity contribution in [1.82, 2.24) is 9.97 Å². The molecule has 0 saturated heterocycles. The van der Waals surface area contributed by atoms with E-state index in [1.807, 2.05) is 13.1 Å². The fourth-order valence-electron chi connectivity index (χ4n) is 1.70. The van der Waals surface area contributed by atoms with Crippen LogP contribution >= 0.6 is 11.6 Å². The van der Waals surface area contributed by atoms with E-state index in [0.29, 0.717) is 5.88 Å². The summed E-state index contributed by atoms with van der Waals surface area (Å²) in [6, 6.07) is 10.4. The van der Waals surface area contributed by atoms with E-state index >= 15 is 0 Å². The van der Waals surface area contributed by atoms with Crippen LogP contribution in [0.4, 0.5) is 5.82 Å². The van der Waals surface area contributed by atoms with E-state index < -0.39 is 0 Å². The zero-order valence-corrected chi connectivity index (χ0v) is 11.1. The van der Waals surface area contributed by atoms with E-state index in [4.69, 9.17) is 11.6 Å². The van der Waals surface area contributed by atoms with Gasteiger partial charge < -0.3 is 4.90 Å². The summed E-state index contributed by atoms with van der Waals surface area (Å²) < 4.78 is 0. The van der Waals surface area contributed by atoms with Crippen LogP contribution in [0.1, 0.15) is 11.3 Å². The molecule has 0 radical (unpaired) electrons. The molecule has 1 aromatic carbocycles. The van der Waals surface area contributed by atoms with Crippen molar-refractivity contribution >= 4 is 17.4 Å². The molecule has 0 aliphatic rings. The van der Waals surface area contributed by atoms with Crippen LogP contribution in [-0.4, -0.2) is 23.6 Å². The first kappa shape index (κ1) is 12.8. The molecule has 0 amide bonds. The molecular formula is C14H16ClN3. The molecule has 3 nitrogen and oxygen atoms in total. The summed E-state index contributed by atoms with van der Waals surface area (Å²) >= 11 is 5.76. The van der Waals surface area contributed by atoms with Gasteiger partial charge in [0.1, 0.15) is 5.82 Å². The summed E-state index contributed by atoms with van der Waals surface area (Å²) in [5, 5.41) is 0. The normalized spacial score (nSPS) is 10.3. The molecule has 2 rings (SSSR count). The quantitative estimate of drug-likeness (QED) is 0.775. The highest BCUT2D eigenvalue weighted by Gasteiger charge is 2.04. The lowest BCUT2D eigenvalue weighted by Gasteiger charge is -2.18. The van der Waals surface area contributed by atoms with Crippen molar-refractivity contribution in [2.45, 2.75) is 12.3 Å². The molecule has 0 spiro atoms. The Morgan fingerprint density at radius 3 is 2.67 bits per heavy atom. The number of likely N-dealkylation sites (N-methyl/N-ethyl adjacent to an activating group) is 1. The highest BCUT2D eigenvalue weighted by molar-refractivity contribution is 6.16. The lowest BCUT2D eigenvalue weighted by Crippen LogP contribution is -2.21. The van der Waals surface area contributed by atoms with Crippen LogP contribution in [-0.2, 0) is 12.3 Å². The highest BCUT2D eigenvalue weighted by Crippen LogP contribution is 2.10. The number of rotatable bonds is 5. The minimum Gasteiger partial charge on any atom is -0.358 e. The Balaban J connectivity index is 1.97. The van der Waals surface area contributed by atoms with Gasteiger partial charge in [-0.05, 0) is 12.0 Å². The fraction of sp³-hybridized carbons (Fsp3) is 0.286. The molecule has 0 atom stereocenters. The van der Waals surface area contributed by atoms with Gasteiger partial charge in [-0.25, -0.2) is 4.98 Å². The maximum absolute atomic E-state index is 5.76. The van der Waals surface area contributed by atoms with Gasteiger partial charge in [-0.15, -0.1) is 11.6 Å². The molecule has 0 unspecified atom stereocenters. The third-order valence-corrected chi connectivity index (χ3v) is 3.05. The van der Waals surface area contributed by atoms with E-state index in [2.05, 4.69) is 39.1 Å². The van der Waals surface area contributed by atoms with Gasteiger partial charge in [0.2, 0.25) is 0 Å². The van der Waals surface area contributed by atoms with Crippen LogP contribution in [0.2, 0.25) is 0 Å². The van der Waals surface area contributed by atoms with Gasteiger partial charge in [-0.2, -0.15) is 0 Å². The number of anilines is 1. The Bertz CT molecular complexity index is 487. The van der Waals surface area contributed by atoms with Gasteiger partial charge in [0.05, 0.1) is 17.8 Å². The second kappa shape index (κ2) is 6.36. The fourth-order valence-corrected chi connectivity index (χ4v) is 1.83. The topological polar surface area (TPSA) is 29.0 Å². The molecule has 0 fully saturated rings. The molecule has 0 N–H and O–H groups in total. The van der Waals surface area contributed by atoms with Crippen LogP contribution in [0.25, 0.3) is 0 Å². The Morgan fingerprint density at radius 2 is 1.94 bits per heavy atom. The van der Waals surface area contributed by atoms with Crippen LogP contribution in [0.3, 0.4) is 0 Å². The summed E-state index contributed by atoms with van der Waals surface area (Å²) in [7, 11) is 2.02.